The van der Waals surface area contributed by atoms with Crippen LogP contribution in [-0.4, -0.2) is 30.2 Å². The zero-order valence-corrected chi connectivity index (χ0v) is 18.5. The lowest BCUT2D eigenvalue weighted by atomic mass is 9.90. The van der Waals surface area contributed by atoms with Crippen molar-refractivity contribution in [2.24, 2.45) is 5.73 Å². The zero-order chi connectivity index (χ0) is 22.2. The molecule has 31 heavy (non-hydrogen) atoms. The maximum atomic E-state index is 13.2. The molecule has 1 amide bonds. The van der Waals surface area contributed by atoms with Crippen molar-refractivity contribution < 1.29 is 17.9 Å². The van der Waals surface area contributed by atoms with Crippen molar-refractivity contribution in [1.82, 2.24) is 4.98 Å². The number of nitrogens with zero attached hydrogens (tertiary/aromatic N) is 1. The molecule has 166 valence electrons. The molecular formula is C23H29N3O4S. The van der Waals surface area contributed by atoms with E-state index in [9.17, 15) is 13.2 Å². The average Bonchev–Trinajstić information content (AvgIpc) is 3.50. The van der Waals surface area contributed by atoms with Gasteiger partial charge >= 0.3 is 0 Å². The van der Waals surface area contributed by atoms with Crippen LogP contribution in [0, 0.1) is 6.92 Å². The Kier molecular flexibility index (Phi) is 5.68. The van der Waals surface area contributed by atoms with Gasteiger partial charge in [-0.25, -0.2) is 13.4 Å². The molecule has 2 aromatic rings. The van der Waals surface area contributed by atoms with Crippen molar-refractivity contribution in [2.45, 2.75) is 73.7 Å². The van der Waals surface area contributed by atoms with Crippen molar-refractivity contribution in [1.29, 1.82) is 0 Å². The fourth-order valence-corrected chi connectivity index (χ4v) is 6.51. The highest BCUT2D eigenvalue weighted by atomic mass is 32.2. The summed E-state index contributed by atoms with van der Waals surface area (Å²) >= 11 is 0. The molecule has 0 radical (unpaired) electrons. The van der Waals surface area contributed by atoms with E-state index in [-0.39, 0.29) is 17.3 Å². The van der Waals surface area contributed by atoms with Gasteiger partial charge in [-0.3, -0.25) is 4.79 Å². The number of anilines is 1. The standard InChI is InChI=1S/C23H29N3O4S/c1-15-11-12-17(16-7-4-2-3-5-8-16)18(13-15)30-23(22(25)27)14-19(23)31(28,29)21-10-6-9-20(24)26-21/h6,9-13,16,19H,2-5,7-8,14H2,1H3,(H2,24,26)(H2,25,27). The number of amides is 1. The number of nitrogen functional groups attached to an aromatic ring is 1. The number of hydrogen-bond acceptors (Lipinski definition) is 6. The van der Waals surface area contributed by atoms with E-state index < -0.39 is 26.6 Å². The molecule has 1 heterocycles. The van der Waals surface area contributed by atoms with Gasteiger partial charge in [-0.1, -0.05) is 43.9 Å². The van der Waals surface area contributed by atoms with Gasteiger partial charge in [0.25, 0.3) is 5.91 Å². The predicted molar refractivity (Wildman–Crippen MR) is 118 cm³/mol. The summed E-state index contributed by atoms with van der Waals surface area (Å²) in [5, 5.41) is -1.26. The number of rotatable bonds is 6. The van der Waals surface area contributed by atoms with Crippen LogP contribution >= 0.6 is 0 Å². The first kappa shape index (κ1) is 21.6. The fraction of sp³-hybridized carbons (Fsp3) is 0.478. The molecule has 2 saturated carbocycles. The number of primary amides is 1. The number of pyridine rings is 1. The van der Waals surface area contributed by atoms with Gasteiger partial charge in [0.2, 0.25) is 15.4 Å². The highest BCUT2D eigenvalue weighted by molar-refractivity contribution is 7.92. The maximum absolute atomic E-state index is 13.2. The Morgan fingerprint density at radius 3 is 2.48 bits per heavy atom. The lowest BCUT2D eigenvalue weighted by molar-refractivity contribution is -0.126. The summed E-state index contributed by atoms with van der Waals surface area (Å²) < 4.78 is 32.5. The second kappa shape index (κ2) is 8.15. The number of ether oxygens (including phenoxy) is 1. The Balaban J connectivity index is 1.67. The molecule has 0 spiro atoms. The van der Waals surface area contributed by atoms with Crippen molar-refractivity contribution in [3.63, 3.8) is 0 Å². The van der Waals surface area contributed by atoms with Crippen LogP contribution in [0.15, 0.2) is 41.4 Å². The molecule has 7 nitrogen and oxygen atoms in total. The lowest BCUT2D eigenvalue weighted by Crippen LogP contribution is -2.41. The number of benzene rings is 1. The second-order valence-corrected chi connectivity index (χ2v) is 10.8. The van der Waals surface area contributed by atoms with Gasteiger partial charge in [-0.05, 0) is 55.0 Å². The van der Waals surface area contributed by atoms with Crippen LogP contribution in [0.3, 0.4) is 0 Å². The van der Waals surface area contributed by atoms with E-state index in [0.717, 1.165) is 36.8 Å². The van der Waals surface area contributed by atoms with Gasteiger partial charge in [0.1, 0.15) is 16.8 Å². The Bertz CT molecular complexity index is 1090. The maximum Gasteiger partial charge on any atom is 0.263 e. The molecule has 4 rings (SSSR count). The highest BCUT2D eigenvalue weighted by Gasteiger charge is 2.69. The molecule has 0 bridgehead atoms. The van der Waals surface area contributed by atoms with Gasteiger partial charge in [-0.2, -0.15) is 0 Å². The summed E-state index contributed by atoms with van der Waals surface area (Å²) in [5.74, 6) is 0.205. The Hall–Kier alpha value is -2.61. The van der Waals surface area contributed by atoms with Crippen LogP contribution in [0.4, 0.5) is 5.82 Å². The summed E-state index contributed by atoms with van der Waals surface area (Å²) in [7, 11) is -3.93. The lowest BCUT2D eigenvalue weighted by Gasteiger charge is -2.23. The molecule has 0 saturated heterocycles. The minimum Gasteiger partial charge on any atom is -0.476 e. The predicted octanol–water partition coefficient (Wildman–Crippen LogP) is 3.26. The number of carbonyl (C=O) groups is 1. The van der Waals surface area contributed by atoms with Crippen molar-refractivity contribution >= 4 is 21.6 Å². The third kappa shape index (κ3) is 4.13. The monoisotopic (exact) mass is 443 g/mol. The number of aryl methyl sites for hydroxylation is 1. The largest absolute Gasteiger partial charge is 0.476 e. The summed E-state index contributed by atoms with van der Waals surface area (Å²) in [5.41, 5.74) is 11.8. The average molecular weight is 444 g/mol. The molecule has 1 aromatic heterocycles. The van der Waals surface area contributed by atoms with Crippen LogP contribution in [0.2, 0.25) is 0 Å². The summed E-state index contributed by atoms with van der Waals surface area (Å²) in [4.78, 5) is 16.4. The Morgan fingerprint density at radius 2 is 1.84 bits per heavy atom. The first-order valence-corrected chi connectivity index (χ1v) is 12.3. The minimum absolute atomic E-state index is 0.000799. The molecule has 8 heteroatoms. The quantitative estimate of drug-likeness (QED) is 0.660. The summed E-state index contributed by atoms with van der Waals surface area (Å²) in [6.45, 7) is 1.94. The second-order valence-electron chi connectivity index (χ2n) is 8.72. The highest BCUT2D eigenvalue weighted by Crippen LogP contribution is 2.49. The molecule has 4 N–H and O–H groups in total. The Morgan fingerprint density at radius 1 is 1.13 bits per heavy atom. The van der Waals surface area contributed by atoms with Crippen molar-refractivity contribution in [2.75, 3.05) is 5.73 Å². The molecule has 2 atom stereocenters. The van der Waals surface area contributed by atoms with Crippen molar-refractivity contribution in [3.05, 3.63) is 47.5 Å². The van der Waals surface area contributed by atoms with Gasteiger partial charge in [0, 0.05) is 6.42 Å². The van der Waals surface area contributed by atoms with Gasteiger partial charge in [0.15, 0.2) is 5.03 Å². The Labute approximate surface area is 183 Å². The molecule has 2 aliphatic rings. The van der Waals surface area contributed by atoms with E-state index in [4.69, 9.17) is 16.2 Å². The molecular weight excluding hydrogens is 414 g/mol. The SMILES string of the molecule is Cc1ccc(C2CCCCCC2)c(OC2(C(N)=O)CC2S(=O)(=O)c2cccc(N)n2)c1. The van der Waals surface area contributed by atoms with E-state index >= 15 is 0 Å². The first-order valence-electron chi connectivity index (χ1n) is 10.8. The minimum atomic E-state index is -3.93. The van der Waals surface area contributed by atoms with Gasteiger partial charge < -0.3 is 16.2 Å². The van der Waals surface area contributed by atoms with E-state index in [1.54, 1.807) is 0 Å². The number of sulfone groups is 1. The van der Waals surface area contributed by atoms with E-state index in [1.165, 1.54) is 31.0 Å². The molecule has 2 unspecified atom stereocenters. The first-order chi connectivity index (χ1) is 14.7. The van der Waals surface area contributed by atoms with Crippen LogP contribution in [0.25, 0.3) is 0 Å². The number of nitrogens with two attached hydrogens (primary N) is 2. The normalized spacial score (nSPS) is 24.4. The summed E-state index contributed by atoms with van der Waals surface area (Å²) in [6.07, 6.45) is 6.84. The van der Waals surface area contributed by atoms with Gasteiger partial charge in [-0.15, -0.1) is 0 Å². The molecule has 2 aliphatic carbocycles. The topological polar surface area (TPSA) is 125 Å². The molecule has 2 fully saturated rings. The number of carbonyl (C=O) groups excluding carboxylic acids is 1. The summed E-state index contributed by atoms with van der Waals surface area (Å²) in [6, 6.07) is 10.4. The van der Waals surface area contributed by atoms with Crippen molar-refractivity contribution in [3.8, 4) is 5.75 Å². The van der Waals surface area contributed by atoms with Crippen LogP contribution in [-0.2, 0) is 14.6 Å². The number of aromatic nitrogens is 1. The fourth-order valence-electron chi connectivity index (χ4n) is 4.58. The van der Waals surface area contributed by atoms with Gasteiger partial charge in [0.05, 0.1) is 0 Å². The van der Waals surface area contributed by atoms with Crippen LogP contribution < -0.4 is 16.2 Å². The molecule has 1 aromatic carbocycles. The van der Waals surface area contributed by atoms with Crippen LogP contribution in [0.5, 0.6) is 5.75 Å². The van der Waals surface area contributed by atoms with E-state index in [0.29, 0.717) is 11.7 Å². The smallest absolute Gasteiger partial charge is 0.263 e. The molecule has 0 aliphatic heterocycles. The van der Waals surface area contributed by atoms with Crippen LogP contribution in [0.1, 0.15) is 62.0 Å². The zero-order valence-electron chi connectivity index (χ0n) is 17.7. The van der Waals surface area contributed by atoms with E-state index in [2.05, 4.69) is 4.98 Å². The number of hydrogen-bond donors (Lipinski definition) is 2. The third-order valence-corrected chi connectivity index (χ3v) is 8.54. The van der Waals surface area contributed by atoms with E-state index in [1.807, 2.05) is 25.1 Å². The third-order valence-electron chi connectivity index (χ3n) is 6.43.